The first-order valence-corrected chi connectivity index (χ1v) is 9.35. The largest absolute Gasteiger partial charge is 0.347 e. The number of rotatable bonds is 4. The Morgan fingerprint density at radius 1 is 1.29 bits per heavy atom. The van der Waals surface area contributed by atoms with Crippen molar-refractivity contribution in [1.82, 2.24) is 5.32 Å². The second-order valence-corrected chi connectivity index (χ2v) is 8.94. The van der Waals surface area contributed by atoms with E-state index in [-0.39, 0.29) is 20.5 Å². The number of nitrogens with one attached hydrogen (secondary N) is 1. The lowest BCUT2D eigenvalue weighted by atomic mass is 9.98. The highest BCUT2D eigenvalue weighted by molar-refractivity contribution is 8.13. The van der Waals surface area contributed by atoms with E-state index in [9.17, 15) is 13.2 Å². The average molecular weight is 371 g/mol. The first kappa shape index (κ1) is 16.9. The highest BCUT2D eigenvalue weighted by atomic mass is 35.7. The molecule has 1 fully saturated rings. The van der Waals surface area contributed by atoms with Gasteiger partial charge in [-0.3, -0.25) is 4.79 Å². The number of halogens is 3. The Morgan fingerprint density at radius 3 is 2.33 bits per heavy atom. The molecule has 0 aliphatic heterocycles. The minimum atomic E-state index is -4.05. The molecule has 1 amide bonds. The van der Waals surface area contributed by atoms with Crippen molar-refractivity contribution in [3.05, 3.63) is 27.7 Å². The SMILES string of the molecule is CC(C)(NC(=O)c1c(Cl)ccc(S(=O)(=O)Cl)c1Cl)C1CC1. The van der Waals surface area contributed by atoms with Crippen LogP contribution in [-0.2, 0) is 9.05 Å². The van der Waals surface area contributed by atoms with E-state index in [1.54, 1.807) is 0 Å². The number of benzene rings is 1. The lowest BCUT2D eigenvalue weighted by Crippen LogP contribution is -2.45. The molecule has 1 aliphatic carbocycles. The molecule has 1 N–H and O–H groups in total. The molecular formula is C13H14Cl3NO3S. The molecule has 0 saturated heterocycles. The Bertz CT molecular complexity index is 697. The molecule has 1 aromatic rings. The minimum absolute atomic E-state index is 0.0752. The molecule has 116 valence electrons. The van der Waals surface area contributed by atoms with Gasteiger partial charge in [0, 0.05) is 16.2 Å². The summed E-state index contributed by atoms with van der Waals surface area (Å²) in [5, 5.41) is 2.66. The summed E-state index contributed by atoms with van der Waals surface area (Å²) in [4.78, 5) is 12.1. The standard InChI is InChI=1S/C13H14Cl3NO3S/c1-13(2,7-3-4-7)17-12(18)10-8(14)5-6-9(11(10)15)21(16,19)20/h5-7H,3-4H2,1-2H3,(H,17,18). The lowest BCUT2D eigenvalue weighted by molar-refractivity contribution is 0.0903. The third-order valence-corrected chi connectivity index (χ3v) is 5.76. The number of carbonyl (C=O) groups excluding carboxylic acids is 1. The van der Waals surface area contributed by atoms with E-state index >= 15 is 0 Å². The molecule has 1 aliphatic rings. The van der Waals surface area contributed by atoms with Gasteiger partial charge >= 0.3 is 0 Å². The molecule has 0 unspecified atom stereocenters. The number of hydrogen-bond donors (Lipinski definition) is 1. The van der Waals surface area contributed by atoms with Crippen molar-refractivity contribution in [1.29, 1.82) is 0 Å². The summed E-state index contributed by atoms with van der Waals surface area (Å²) >= 11 is 12.0. The zero-order chi connectivity index (χ0) is 16.0. The van der Waals surface area contributed by atoms with Gasteiger partial charge in [0.25, 0.3) is 15.0 Å². The van der Waals surface area contributed by atoms with Crippen molar-refractivity contribution < 1.29 is 13.2 Å². The Kier molecular flexibility index (Phi) is 4.51. The fourth-order valence-corrected chi connectivity index (χ4v) is 4.09. The third kappa shape index (κ3) is 3.65. The van der Waals surface area contributed by atoms with Crippen LogP contribution < -0.4 is 5.32 Å². The van der Waals surface area contributed by atoms with Crippen LogP contribution in [0.15, 0.2) is 17.0 Å². The van der Waals surface area contributed by atoms with Gasteiger partial charge < -0.3 is 5.32 Å². The Labute approximate surface area is 138 Å². The Morgan fingerprint density at radius 2 is 1.86 bits per heavy atom. The van der Waals surface area contributed by atoms with Gasteiger partial charge in [-0.1, -0.05) is 23.2 Å². The predicted octanol–water partition coefficient (Wildman–Crippen LogP) is 3.84. The van der Waals surface area contributed by atoms with E-state index in [4.69, 9.17) is 33.9 Å². The molecule has 0 radical (unpaired) electrons. The van der Waals surface area contributed by atoms with E-state index in [1.807, 2.05) is 13.8 Å². The smallest absolute Gasteiger partial charge is 0.262 e. The fraction of sp³-hybridized carbons (Fsp3) is 0.462. The maximum atomic E-state index is 12.4. The van der Waals surface area contributed by atoms with Crippen LogP contribution in [0.4, 0.5) is 0 Å². The number of hydrogen-bond acceptors (Lipinski definition) is 3. The first-order valence-electron chi connectivity index (χ1n) is 6.29. The second-order valence-electron chi connectivity index (χ2n) is 5.62. The summed E-state index contributed by atoms with van der Waals surface area (Å²) in [7, 11) is 1.25. The quantitative estimate of drug-likeness (QED) is 0.819. The van der Waals surface area contributed by atoms with Crippen LogP contribution in [0.3, 0.4) is 0 Å². The molecule has 1 aromatic carbocycles. The van der Waals surface area contributed by atoms with Crippen molar-refractivity contribution >= 4 is 48.8 Å². The second kappa shape index (κ2) is 5.61. The van der Waals surface area contributed by atoms with Gasteiger partial charge in [0.05, 0.1) is 15.6 Å². The maximum absolute atomic E-state index is 12.4. The molecule has 2 rings (SSSR count). The summed E-state index contributed by atoms with van der Waals surface area (Å²) in [5.74, 6) is -0.108. The minimum Gasteiger partial charge on any atom is -0.347 e. The Hall–Kier alpha value is -0.490. The maximum Gasteiger partial charge on any atom is 0.262 e. The third-order valence-electron chi connectivity index (χ3n) is 3.58. The van der Waals surface area contributed by atoms with Crippen molar-refractivity contribution in [2.75, 3.05) is 0 Å². The summed E-state index contributed by atoms with van der Waals surface area (Å²) in [6, 6.07) is 2.47. The molecular weight excluding hydrogens is 357 g/mol. The van der Waals surface area contributed by atoms with Crippen LogP contribution in [-0.4, -0.2) is 19.9 Å². The molecule has 0 heterocycles. The first-order chi connectivity index (χ1) is 9.54. The summed E-state index contributed by atoms with van der Waals surface area (Å²) in [6.07, 6.45) is 2.09. The number of carbonyl (C=O) groups is 1. The van der Waals surface area contributed by atoms with Crippen molar-refractivity contribution in [3.63, 3.8) is 0 Å². The van der Waals surface area contributed by atoms with E-state index < -0.39 is 20.5 Å². The van der Waals surface area contributed by atoms with Gasteiger partial charge in [-0.05, 0) is 44.7 Å². The van der Waals surface area contributed by atoms with E-state index in [0.29, 0.717) is 5.92 Å². The van der Waals surface area contributed by atoms with E-state index in [1.165, 1.54) is 12.1 Å². The van der Waals surface area contributed by atoms with Gasteiger partial charge in [-0.2, -0.15) is 0 Å². The monoisotopic (exact) mass is 369 g/mol. The molecule has 0 spiro atoms. The van der Waals surface area contributed by atoms with Crippen molar-refractivity contribution in [3.8, 4) is 0 Å². The van der Waals surface area contributed by atoms with Crippen LogP contribution in [0, 0.1) is 5.92 Å². The van der Waals surface area contributed by atoms with Crippen LogP contribution in [0.1, 0.15) is 37.0 Å². The Balaban J connectivity index is 2.41. The normalized spacial score (nSPS) is 15.9. The van der Waals surface area contributed by atoms with Crippen LogP contribution in [0.25, 0.3) is 0 Å². The molecule has 0 atom stereocenters. The summed E-state index contributed by atoms with van der Waals surface area (Å²) in [6.45, 7) is 3.82. The fourth-order valence-electron chi connectivity index (χ4n) is 2.19. The van der Waals surface area contributed by atoms with Crippen LogP contribution in [0.2, 0.25) is 10.0 Å². The molecule has 4 nitrogen and oxygen atoms in total. The molecule has 0 aromatic heterocycles. The van der Waals surface area contributed by atoms with Gasteiger partial charge in [-0.15, -0.1) is 0 Å². The van der Waals surface area contributed by atoms with Gasteiger partial charge in [0.1, 0.15) is 4.90 Å². The van der Waals surface area contributed by atoms with Crippen molar-refractivity contribution in [2.45, 2.75) is 37.1 Å². The van der Waals surface area contributed by atoms with Crippen molar-refractivity contribution in [2.24, 2.45) is 5.92 Å². The van der Waals surface area contributed by atoms with E-state index in [2.05, 4.69) is 5.32 Å². The zero-order valence-corrected chi connectivity index (χ0v) is 14.5. The van der Waals surface area contributed by atoms with Gasteiger partial charge in [0.15, 0.2) is 0 Å². The molecule has 21 heavy (non-hydrogen) atoms. The molecule has 8 heteroatoms. The number of amides is 1. The molecule has 0 bridgehead atoms. The average Bonchev–Trinajstić information content (AvgIpc) is 3.09. The van der Waals surface area contributed by atoms with Gasteiger partial charge in [0.2, 0.25) is 0 Å². The topological polar surface area (TPSA) is 63.2 Å². The highest BCUT2D eigenvalue weighted by Gasteiger charge is 2.39. The van der Waals surface area contributed by atoms with Gasteiger partial charge in [-0.25, -0.2) is 8.42 Å². The summed E-state index contributed by atoms with van der Waals surface area (Å²) in [5.41, 5.74) is -0.478. The predicted molar refractivity (Wildman–Crippen MR) is 83.8 cm³/mol. The summed E-state index contributed by atoms with van der Waals surface area (Å²) < 4.78 is 22.9. The van der Waals surface area contributed by atoms with E-state index in [0.717, 1.165) is 12.8 Å². The highest BCUT2D eigenvalue weighted by Crippen LogP contribution is 2.40. The zero-order valence-electron chi connectivity index (χ0n) is 11.4. The van der Waals surface area contributed by atoms with Crippen LogP contribution in [0.5, 0.6) is 0 Å². The molecule has 1 saturated carbocycles. The van der Waals surface area contributed by atoms with Crippen LogP contribution >= 0.6 is 33.9 Å². The lowest BCUT2D eigenvalue weighted by Gasteiger charge is -2.26.